The van der Waals surface area contributed by atoms with Crippen LogP contribution in [0.1, 0.15) is 17.5 Å². The van der Waals surface area contributed by atoms with E-state index in [1.54, 1.807) is 6.07 Å². The number of halogens is 1. The highest BCUT2D eigenvalue weighted by Gasteiger charge is 2.24. The van der Waals surface area contributed by atoms with Gasteiger partial charge in [-0.3, -0.25) is 0 Å². The maximum atomic E-state index is 13.9. The van der Waals surface area contributed by atoms with Crippen LogP contribution in [0.4, 0.5) is 10.1 Å². The van der Waals surface area contributed by atoms with E-state index in [2.05, 4.69) is 4.90 Å². The Morgan fingerprint density at radius 3 is 2.75 bits per heavy atom. The zero-order chi connectivity index (χ0) is 11.7. The van der Waals surface area contributed by atoms with Crippen LogP contribution >= 0.6 is 0 Å². The third-order valence-electron chi connectivity index (χ3n) is 3.33. The molecular formula is C13H19FN2. The number of nitrogens with zero attached hydrogens (tertiary/aromatic N) is 1. The third kappa shape index (κ3) is 2.05. The van der Waals surface area contributed by atoms with E-state index in [4.69, 9.17) is 5.73 Å². The van der Waals surface area contributed by atoms with Crippen molar-refractivity contribution in [1.29, 1.82) is 0 Å². The first kappa shape index (κ1) is 11.4. The third-order valence-corrected chi connectivity index (χ3v) is 3.33. The minimum absolute atomic E-state index is 0.102. The molecule has 0 aromatic heterocycles. The fourth-order valence-corrected chi connectivity index (χ4v) is 2.54. The largest absolute Gasteiger partial charge is 0.369 e. The number of hydrogen-bond donors (Lipinski definition) is 1. The van der Waals surface area contributed by atoms with Gasteiger partial charge in [0.1, 0.15) is 5.82 Å². The van der Waals surface area contributed by atoms with Crippen LogP contribution in [0.2, 0.25) is 0 Å². The second-order valence-corrected chi connectivity index (χ2v) is 4.75. The van der Waals surface area contributed by atoms with E-state index in [1.807, 2.05) is 19.9 Å². The topological polar surface area (TPSA) is 29.3 Å². The van der Waals surface area contributed by atoms with Crippen LogP contribution in [-0.2, 0) is 0 Å². The summed E-state index contributed by atoms with van der Waals surface area (Å²) in [5.41, 5.74) is 8.42. The zero-order valence-corrected chi connectivity index (χ0v) is 9.96. The first-order valence-corrected chi connectivity index (χ1v) is 5.83. The summed E-state index contributed by atoms with van der Waals surface area (Å²) >= 11 is 0. The normalized spacial score (nSPS) is 20.5. The van der Waals surface area contributed by atoms with Crippen LogP contribution < -0.4 is 10.6 Å². The lowest BCUT2D eigenvalue weighted by Crippen LogP contribution is -2.24. The molecule has 0 saturated carbocycles. The molecule has 1 aliphatic heterocycles. The van der Waals surface area contributed by atoms with Crippen LogP contribution in [0.5, 0.6) is 0 Å². The average molecular weight is 222 g/mol. The summed E-state index contributed by atoms with van der Waals surface area (Å²) in [5, 5.41) is 0. The minimum atomic E-state index is -0.102. The molecule has 3 heteroatoms. The molecule has 0 aliphatic carbocycles. The van der Waals surface area contributed by atoms with Crippen molar-refractivity contribution < 1.29 is 4.39 Å². The van der Waals surface area contributed by atoms with E-state index in [0.717, 1.165) is 36.3 Å². The smallest absolute Gasteiger partial charge is 0.147 e. The highest BCUT2D eigenvalue weighted by molar-refractivity contribution is 5.56. The molecule has 1 heterocycles. The molecule has 88 valence electrons. The van der Waals surface area contributed by atoms with Crippen molar-refractivity contribution in [2.75, 3.05) is 24.5 Å². The first-order valence-electron chi connectivity index (χ1n) is 5.83. The number of benzene rings is 1. The number of anilines is 1. The lowest BCUT2D eigenvalue weighted by Gasteiger charge is -2.22. The molecule has 0 amide bonds. The predicted molar refractivity (Wildman–Crippen MR) is 65.2 cm³/mol. The summed E-state index contributed by atoms with van der Waals surface area (Å²) in [6, 6.07) is 3.65. The highest BCUT2D eigenvalue weighted by atomic mass is 19.1. The van der Waals surface area contributed by atoms with E-state index in [-0.39, 0.29) is 5.82 Å². The average Bonchev–Trinajstić information content (AvgIpc) is 2.64. The monoisotopic (exact) mass is 222 g/mol. The summed E-state index contributed by atoms with van der Waals surface area (Å²) < 4.78 is 13.9. The van der Waals surface area contributed by atoms with Crippen LogP contribution in [0.3, 0.4) is 0 Å². The van der Waals surface area contributed by atoms with Crippen LogP contribution in [0.25, 0.3) is 0 Å². The Labute approximate surface area is 96.2 Å². The second kappa shape index (κ2) is 4.42. The summed E-state index contributed by atoms with van der Waals surface area (Å²) in [4.78, 5) is 2.13. The van der Waals surface area contributed by atoms with Gasteiger partial charge < -0.3 is 10.6 Å². The van der Waals surface area contributed by atoms with Crippen molar-refractivity contribution in [3.05, 3.63) is 29.1 Å². The van der Waals surface area contributed by atoms with Gasteiger partial charge in [-0.25, -0.2) is 4.39 Å². The molecule has 2 N–H and O–H groups in total. The van der Waals surface area contributed by atoms with E-state index >= 15 is 0 Å². The Bertz CT molecular complexity index is 367. The molecule has 1 saturated heterocycles. The summed E-state index contributed by atoms with van der Waals surface area (Å²) in [6.45, 7) is 6.40. The van der Waals surface area contributed by atoms with Gasteiger partial charge in [-0.05, 0) is 49.9 Å². The van der Waals surface area contributed by atoms with Gasteiger partial charge in [0.05, 0.1) is 5.69 Å². The molecule has 1 aromatic carbocycles. The van der Waals surface area contributed by atoms with E-state index < -0.39 is 0 Å². The van der Waals surface area contributed by atoms with Crippen molar-refractivity contribution in [2.45, 2.75) is 20.3 Å². The lowest BCUT2D eigenvalue weighted by atomic mass is 10.1. The zero-order valence-electron chi connectivity index (χ0n) is 9.96. The van der Waals surface area contributed by atoms with Crippen molar-refractivity contribution in [2.24, 2.45) is 11.7 Å². The van der Waals surface area contributed by atoms with Gasteiger partial charge >= 0.3 is 0 Å². The lowest BCUT2D eigenvalue weighted by molar-refractivity contribution is 0.596. The van der Waals surface area contributed by atoms with Crippen molar-refractivity contribution in [1.82, 2.24) is 0 Å². The standard InChI is InChI=1S/C13H19FN2/c1-9-5-10(2)13(12(14)6-9)16-4-3-11(7-15)8-16/h5-6,11H,3-4,7-8,15H2,1-2H3. The fourth-order valence-electron chi connectivity index (χ4n) is 2.54. The van der Waals surface area contributed by atoms with Gasteiger partial charge in [-0.2, -0.15) is 0 Å². The Balaban J connectivity index is 2.28. The summed E-state index contributed by atoms with van der Waals surface area (Å²) in [7, 11) is 0. The van der Waals surface area contributed by atoms with Gasteiger partial charge in [0.25, 0.3) is 0 Å². The Hall–Kier alpha value is -1.09. The molecule has 0 spiro atoms. The van der Waals surface area contributed by atoms with Crippen molar-refractivity contribution in [3.8, 4) is 0 Å². The molecule has 2 nitrogen and oxygen atoms in total. The molecule has 1 unspecified atom stereocenters. The number of aryl methyl sites for hydroxylation is 2. The maximum absolute atomic E-state index is 13.9. The second-order valence-electron chi connectivity index (χ2n) is 4.75. The molecule has 1 aromatic rings. The van der Waals surface area contributed by atoms with Gasteiger partial charge in [0, 0.05) is 13.1 Å². The van der Waals surface area contributed by atoms with Crippen molar-refractivity contribution >= 4 is 5.69 Å². The Morgan fingerprint density at radius 2 is 2.19 bits per heavy atom. The molecular weight excluding hydrogens is 203 g/mol. The Kier molecular flexibility index (Phi) is 3.15. The molecule has 1 fully saturated rings. The molecule has 1 aliphatic rings. The van der Waals surface area contributed by atoms with Crippen molar-refractivity contribution in [3.63, 3.8) is 0 Å². The van der Waals surface area contributed by atoms with E-state index in [0.29, 0.717) is 12.5 Å². The Morgan fingerprint density at radius 1 is 1.44 bits per heavy atom. The van der Waals surface area contributed by atoms with Gasteiger partial charge in [0.2, 0.25) is 0 Å². The number of hydrogen-bond acceptors (Lipinski definition) is 2. The van der Waals surface area contributed by atoms with Gasteiger partial charge in [-0.15, -0.1) is 0 Å². The SMILES string of the molecule is Cc1cc(C)c(N2CCC(CN)C2)c(F)c1. The van der Waals surface area contributed by atoms with Gasteiger partial charge in [0.15, 0.2) is 0 Å². The molecule has 0 bridgehead atoms. The summed E-state index contributed by atoms with van der Waals surface area (Å²) in [6.07, 6.45) is 1.07. The van der Waals surface area contributed by atoms with Gasteiger partial charge in [-0.1, -0.05) is 6.07 Å². The van der Waals surface area contributed by atoms with Crippen LogP contribution in [0, 0.1) is 25.6 Å². The van der Waals surface area contributed by atoms with E-state index in [1.165, 1.54) is 0 Å². The number of nitrogens with two attached hydrogens (primary N) is 1. The van der Waals surface area contributed by atoms with E-state index in [9.17, 15) is 4.39 Å². The quantitative estimate of drug-likeness (QED) is 0.831. The molecule has 16 heavy (non-hydrogen) atoms. The van der Waals surface area contributed by atoms with Crippen LogP contribution in [-0.4, -0.2) is 19.6 Å². The highest BCUT2D eigenvalue weighted by Crippen LogP contribution is 2.29. The molecule has 2 rings (SSSR count). The fraction of sp³-hybridized carbons (Fsp3) is 0.538. The predicted octanol–water partition coefficient (Wildman–Crippen LogP) is 2.23. The van der Waals surface area contributed by atoms with Crippen LogP contribution in [0.15, 0.2) is 12.1 Å². The number of rotatable bonds is 2. The maximum Gasteiger partial charge on any atom is 0.147 e. The first-order chi connectivity index (χ1) is 7.61. The summed E-state index contributed by atoms with van der Waals surface area (Å²) in [5.74, 6) is 0.412. The minimum Gasteiger partial charge on any atom is -0.369 e. The molecule has 0 radical (unpaired) electrons. The molecule has 1 atom stereocenters.